The van der Waals surface area contributed by atoms with Gasteiger partial charge >= 0.3 is 0 Å². The average molecular weight is 483 g/mol. The van der Waals surface area contributed by atoms with E-state index in [4.69, 9.17) is 0 Å². The van der Waals surface area contributed by atoms with E-state index in [9.17, 15) is 9.59 Å². The van der Waals surface area contributed by atoms with Crippen LogP contribution < -0.4 is 10.9 Å². The normalized spacial score (nSPS) is 12.1. The Hall–Kier alpha value is -4.06. The average Bonchev–Trinajstić information content (AvgIpc) is 2.89. The van der Waals surface area contributed by atoms with Gasteiger partial charge in [-0.15, -0.1) is 0 Å². The third-order valence-corrected chi connectivity index (χ3v) is 5.41. The van der Waals surface area contributed by atoms with Crippen LogP contribution >= 0.6 is 0 Å². The van der Waals surface area contributed by atoms with Gasteiger partial charge in [0.15, 0.2) is 0 Å². The first-order chi connectivity index (χ1) is 17.3. The minimum Gasteiger partial charge on any atom is -0.267 e. The molecule has 36 heavy (non-hydrogen) atoms. The van der Waals surface area contributed by atoms with Gasteiger partial charge in [0.25, 0.3) is 11.8 Å². The Balaban J connectivity index is 1.68. The second kappa shape index (κ2) is 13.1. The number of benzene rings is 3. The molecule has 0 fully saturated rings. The van der Waals surface area contributed by atoms with E-state index in [0.717, 1.165) is 35.4 Å². The lowest BCUT2D eigenvalue weighted by atomic mass is 10.0. The van der Waals surface area contributed by atoms with Crippen molar-refractivity contribution in [2.24, 2.45) is 22.0 Å². The summed E-state index contributed by atoms with van der Waals surface area (Å²) in [6.07, 6.45) is 1.48. The highest BCUT2D eigenvalue weighted by molar-refractivity contribution is 6.03. The van der Waals surface area contributed by atoms with E-state index < -0.39 is 0 Å². The topological polar surface area (TPSA) is 82.9 Å². The van der Waals surface area contributed by atoms with Gasteiger partial charge in [0.05, 0.1) is 11.4 Å². The van der Waals surface area contributed by atoms with Crippen molar-refractivity contribution in [3.63, 3.8) is 0 Å². The van der Waals surface area contributed by atoms with Crippen LogP contribution in [0.5, 0.6) is 0 Å². The second-order valence-electron chi connectivity index (χ2n) is 9.50. The van der Waals surface area contributed by atoms with Crippen LogP contribution in [-0.4, -0.2) is 23.2 Å². The summed E-state index contributed by atoms with van der Waals surface area (Å²) in [5, 5.41) is 8.78. The molecule has 2 amide bonds. The fraction of sp³-hybridized carbons (Fsp3) is 0.267. The van der Waals surface area contributed by atoms with Crippen molar-refractivity contribution in [2.45, 2.75) is 40.5 Å². The molecule has 6 nitrogen and oxygen atoms in total. The Morgan fingerprint density at radius 2 is 0.889 bits per heavy atom. The molecule has 3 rings (SSSR count). The van der Waals surface area contributed by atoms with E-state index in [1.54, 1.807) is 24.3 Å². The Morgan fingerprint density at radius 3 is 1.19 bits per heavy atom. The summed E-state index contributed by atoms with van der Waals surface area (Å²) >= 11 is 0. The standard InChI is InChI=1S/C30H34N4O2/c1-21(2)19-27(23-11-7-5-8-12-23)31-33-29(35)25-15-17-26(18-16-25)30(36)34-32-28(20-22(3)4)24-13-9-6-10-14-24/h5-18,21-22H,19-20H2,1-4H3,(H,33,35)(H,34,36). The minimum absolute atomic E-state index is 0.333. The zero-order valence-electron chi connectivity index (χ0n) is 21.4. The van der Waals surface area contributed by atoms with Crippen molar-refractivity contribution in [3.8, 4) is 0 Å². The molecule has 6 heteroatoms. The number of hydrogen-bond donors (Lipinski definition) is 2. The second-order valence-corrected chi connectivity index (χ2v) is 9.50. The van der Waals surface area contributed by atoms with E-state index in [2.05, 4.69) is 48.7 Å². The number of amides is 2. The van der Waals surface area contributed by atoms with E-state index in [0.29, 0.717) is 23.0 Å². The predicted molar refractivity (Wildman–Crippen MR) is 146 cm³/mol. The van der Waals surface area contributed by atoms with Gasteiger partial charge in [0.2, 0.25) is 0 Å². The Labute approximate surface area is 213 Å². The molecule has 0 spiro atoms. The third-order valence-electron chi connectivity index (χ3n) is 5.41. The number of rotatable bonds is 10. The first kappa shape index (κ1) is 26.5. The number of hydrazone groups is 2. The maximum Gasteiger partial charge on any atom is 0.271 e. The van der Waals surface area contributed by atoms with Crippen molar-refractivity contribution >= 4 is 23.2 Å². The summed E-state index contributed by atoms with van der Waals surface area (Å²) in [4.78, 5) is 25.4. The van der Waals surface area contributed by atoms with Gasteiger partial charge in [-0.2, -0.15) is 10.2 Å². The predicted octanol–water partition coefficient (Wildman–Crippen LogP) is 6.05. The molecule has 186 valence electrons. The molecule has 0 atom stereocenters. The first-order valence-corrected chi connectivity index (χ1v) is 12.3. The van der Waals surface area contributed by atoms with Gasteiger partial charge in [0.1, 0.15) is 0 Å². The lowest BCUT2D eigenvalue weighted by Gasteiger charge is -2.11. The number of carbonyl (C=O) groups is 2. The van der Waals surface area contributed by atoms with Gasteiger partial charge in [0, 0.05) is 11.1 Å². The number of hydrogen-bond acceptors (Lipinski definition) is 4. The molecule has 0 aliphatic carbocycles. The Bertz CT molecular complexity index is 1100. The molecule has 0 saturated heterocycles. The third kappa shape index (κ3) is 8.01. The molecule has 0 bridgehead atoms. The molecule has 0 saturated carbocycles. The molecular weight excluding hydrogens is 448 g/mol. The number of nitrogens with zero attached hydrogens (tertiary/aromatic N) is 2. The van der Waals surface area contributed by atoms with Crippen molar-refractivity contribution in [2.75, 3.05) is 0 Å². The molecule has 3 aromatic carbocycles. The van der Waals surface area contributed by atoms with Crippen LogP contribution in [-0.2, 0) is 0 Å². The van der Waals surface area contributed by atoms with Gasteiger partial charge in [-0.05, 0) is 60.1 Å². The molecule has 0 unspecified atom stereocenters. The molecule has 0 aromatic heterocycles. The van der Waals surface area contributed by atoms with Gasteiger partial charge in [-0.3, -0.25) is 9.59 Å². The van der Waals surface area contributed by atoms with Crippen LogP contribution in [0.2, 0.25) is 0 Å². The van der Waals surface area contributed by atoms with Crippen LogP contribution in [0, 0.1) is 11.8 Å². The summed E-state index contributed by atoms with van der Waals surface area (Å²) in [5.74, 6) is 0.120. The van der Waals surface area contributed by atoms with Crippen LogP contribution in [0.1, 0.15) is 72.4 Å². The summed E-state index contributed by atoms with van der Waals surface area (Å²) in [6.45, 7) is 8.44. The van der Waals surface area contributed by atoms with Gasteiger partial charge in [-0.25, -0.2) is 10.9 Å². The zero-order chi connectivity index (χ0) is 25.9. The van der Waals surface area contributed by atoms with Crippen molar-refractivity contribution in [3.05, 3.63) is 107 Å². The van der Waals surface area contributed by atoms with E-state index in [-0.39, 0.29) is 11.8 Å². The lowest BCUT2D eigenvalue weighted by Crippen LogP contribution is -2.22. The van der Waals surface area contributed by atoms with Crippen molar-refractivity contribution in [1.82, 2.24) is 10.9 Å². The van der Waals surface area contributed by atoms with Crippen molar-refractivity contribution in [1.29, 1.82) is 0 Å². The summed E-state index contributed by atoms with van der Waals surface area (Å²) in [6, 6.07) is 26.1. The highest BCUT2D eigenvalue weighted by atomic mass is 16.2. The highest BCUT2D eigenvalue weighted by Gasteiger charge is 2.12. The molecule has 3 aromatic rings. The largest absolute Gasteiger partial charge is 0.271 e. The molecular formula is C30H34N4O2. The highest BCUT2D eigenvalue weighted by Crippen LogP contribution is 2.12. The first-order valence-electron chi connectivity index (χ1n) is 12.3. The molecule has 2 N–H and O–H groups in total. The van der Waals surface area contributed by atoms with Crippen LogP contribution in [0.25, 0.3) is 0 Å². The zero-order valence-corrected chi connectivity index (χ0v) is 21.4. The van der Waals surface area contributed by atoms with Crippen LogP contribution in [0.4, 0.5) is 0 Å². The quantitative estimate of drug-likeness (QED) is 0.272. The maximum absolute atomic E-state index is 12.7. The number of carbonyl (C=O) groups excluding carboxylic acids is 2. The van der Waals surface area contributed by atoms with Gasteiger partial charge < -0.3 is 0 Å². The summed E-state index contributed by atoms with van der Waals surface area (Å²) in [7, 11) is 0. The molecule has 0 heterocycles. The smallest absolute Gasteiger partial charge is 0.267 e. The van der Waals surface area contributed by atoms with E-state index in [1.807, 2.05) is 60.7 Å². The van der Waals surface area contributed by atoms with E-state index >= 15 is 0 Å². The monoisotopic (exact) mass is 482 g/mol. The summed E-state index contributed by atoms with van der Waals surface area (Å²) < 4.78 is 0. The molecule has 0 radical (unpaired) electrons. The fourth-order valence-corrected chi connectivity index (χ4v) is 3.63. The SMILES string of the molecule is CC(C)CC(=NNC(=O)c1ccc(C(=O)NN=C(CC(C)C)c2ccccc2)cc1)c1ccccc1. The summed E-state index contributed by atoms with van der Waals surface area (Å²) in [5.41, 5.74) is 9.75. The van der Waals surface area contributed by atoms with Crippen molar-refractivity contribution < 1.29 is 9.59 Å². The van der Waals surface area contributed by atoms with E-state index in [1.165, 1.54) is 0 Å². The van der Waals surface area contributed by atoms with Gasteiger partial charge in [-0.1, -0.05) is 88.4 Å². The molecule has 0 aliphatic heterocycles. The maximum atomic E-state index is 12.7. The molecule has 0 aliphatic rings. The fourth-order valence-electron chi connectivity index (χ4n) is 3.63. The van der Waals surface area contributed by atoms with Crippen LogP contribution in [0.3, 0.4) is 0 Å². The minimum atomic E-state index is -0.333. The lowest BCUT2D eigenvalue weighted by molar-refractivity contribution is 0.0943. The Kier molecular flexibility index (Phi) is 9.69. The number of nitrogens with one attached hydrogen (secondary N) is 2. The van der Waals surface area contributed by atoms with Crippen LogP contribution in [0.15, 0.2) is 95.1 Å². The Morgan fingerprint density at radius 1 is 0.556 bits per heavy atom.